The van der Waals surface area contributed by atoms with Crippen molar-refractivity contribution in [2.24, 2.45) is 5.73 Å². The molecule has 1 rings (SSSR count). The van der Waals surface area contributed by atoms with E-state index in [1.807, 2.05) is 0 Å². The van der Waals surface area contributed by atoms with Crippen LogP contribution in [0.25, 0.3) is 0 Å². The number of amides is 5. The fourth-order valence-electron chi connectivity index (χ4n) is 2.99. The van der Waals surface area contributed by atoms with Gasteiger partial charge in [0, 0.05) is 25.5 Å². The van der Waals surface area contributed by atoms with Crippen LogP contribution in [0.4, 0.5) is 5.69 Å². The summed E-state index contributed by atoms with van der Waals surface area (Å²) < 4.78 is 4.89. The van der Waals surface area contributed by atoms with Gasteiger partial charge in [-0.3, -0.25) is 33.6 Å². The van der Waals surface area contributed by atoms with Crippen molar-refractivity contribution in [3.8, 4) is 0 Å². The summed E-state index contributed by atoms with van der Waals surface area (Å²) in [5.41, 5.74) is 6.24. The number of nitrogens with one attached hydrogen (secondary N) is 4. The third-order valence-electron chi connectivity index (χ3n) is 5.02. The number of esters is 1. The summed E-state index contributed by atoms with van der Waals surface area (Å²) in [4.78, 5) is 82.4. The van der Waals surface area contributed by atoms with E-state index in [9.17, 15) is 33.6 Å². The number of nitrogens with two attached hydrogens (primary N) is 1. The minimum atomic E-state index is -1.34. The number of hydrogen-bond donors (Lipinski definition) is 6. The molecule has 0 bridgehead atoms. The first-order valence-electron chi connectivity index (χ1n) is 11.7. The number of rotatable bonds is 15. The number of benzene rings is 1. The Kier molecular flexibility index (Phi) is 12.9. The van der Waals surface area contributed by atoms with Crippen LogP contribution >= 0.6 is 0 Å². The van der Waals surface area contributed by atoms with Gasteiger partial charge in [0.1, 0.15) is 24.7 Å². The molecule has 0 heterocycles. The van der Waals surface area contributed by atoms with E-state index in [2.05, 4.69) is 21.3 Å². The van der Waals surface area contributed by atoms with Gasteiger partial charge in [0.25, 0.3) is 0 Å². The second-order valence-electron chi connectivity index (χ2n) is 8.46. The van der Waals surface area contributed by atoms with Crippen LogP contribution in [0.3, 0.4) is 0 Å². The monoisotopic (exact) mass is 535 g/mol. The highest BCUT2D eigenvalue weighted by atomic mass is 16.5. The zero-order valence-electron chi connectivity index (χ0n) is 21.4. The van der Waals surface area contributed by atoms with E-state index in [0.717, 1.165) is 0 Å². The minimum Gasteiger partial charge on any atom is -0.481 e. The second kappa shape index (κ2) is 15.6. The van der Waals surface area contributed by atoms with Gasteiger partial charge in [-0.15, -0.1) is 0 Å². The molecule has 14 heteroatoms. The van der Waals surface area contributed by atoms with Crippen LogP contribution in [-0.2, 0) is 44.9 Å². The van der Waals surface area contributed by atoms with Gasteiger partial charge >= 0.3 is 11.9 Å². The maximum Gasteiger partial charge on any atom is 0.303 e. The Hall–Kier alpha value is -4.49. The number of anilines is 1. The first-order chi connectivity index (χ1) is 17.8. The van der Waals surface area contributed by atoms with E-state index in [-0.39, 0.29) is 25.9 Å². The number of carbonyl (C=O) groups excluding carboxylic acids is 6. The summed E-state index contributed by atoms with van der Waals surface area (Å²) in [5, 5.41) is 18.3. The van der Waals surface area contributed by atoms with Gasteiger partial charge in [0.05, 0.1) is 6.42 Å². The number of carboxylic acid groups (broad SMARTS) is 1. The lowest BCUT2D eigenvalue weighted by atomic mass is 10.1. The van der Waals surface area contributed by atoms with Gasteiger partial charge in [0.2, 0.25) is 29.5 Å². The molecule has 1 aromatic rings. The molecule has 0 aromatic heterocycles. The molecule has 0 saturated heterocycles. The number of ether oxygens (including phenoxy) is 1. The molecule has 0 radical (unpaired) electrons. The lowest BCUT2D eigenvalue weighted by Gasteiger charge is -2.22. The summed E-state index contributed by atoms with van der Waals surface area (Å²) in [6.45, 7) is 4.06. The first-order valence-corrected chi connectivity index (χ1v) is 11.7. The van der Waals surface area contributed by atoms with Crippen molar-refractivity contribution in [3.63, 3.8) is 0 Å². The van der Waals surface area contributed by atoms with Gasteiger partial charge in [-0.05, 0) is 38.0 Å². The molecular formula is C24H33N5O9. The number of primary amides is 1. The Morgan fingerprint density at radius 2 is 1.45 bits per heavy atom. The van der Waals surface area contributed by atoms with Crippen molar-refractivity contribution in [1.82, 2.24) is 16.0 Å². The smallest absolute Gasteiger partial charge is 0.303 e. The van der Waals surface area contributed by atoms with E-state index in [1.54, 1.807) is 24.3 Å². The fourth-order valence-corrected chi connectivity index (χ4v) is 2.99. The van der Waals surface area contributed by atoms with E-state index in [1.165, 1.54) is 20.8 Å². The highest BCUT2D eigenvalue weighted by molar-refractivity contribution is 6.00. The fraction of sp³-hybridized carbons (Fsp3) is 0.458. The third kappa shape index (κ3) is 12.5. The molecule has 7 N–H and O–H groups in total. The Balaban J connectivity index is 2.68. The molecule has 208 valence electrons. The van der Waals surface area contributed by atoms with Crippen LogP contribution in [-0.4, -0.2) is 64.7 Å². The van der Waals surface area contributed by atoms with Gasteiger partial charge in [-0.25, -0.2) is 0 Å². The molecule has 5 amide bonds. The zero-order valence-corrected chi connectivity index (χ0v) is 21.4. The summed E-state index contributed by atoms with van der Waals surface area (Å²) in [6, 6.07) is 2.81. The van der Waals surface area contributed by atoms with E-state index in [0.29, 0.717) is 11.3 Å². The predicted octanol–water partition coefficient (Wildman–Crippen LogP) is -0.687. The standard InChI is InChI=1S/C24H33N5O9/c1-13(26-20(32)5-4-6-21(33)34)22(35)27-14(2)23(36)29-18(11-19(25)31)24(37)28-17-9-7-16(8-10-17)12-38-15(3)30/h7-10,13-14,18H,4-6,11-12H2,1-3H3,(H2,25,31)(H,26,32)(H,27,35)(H,28,37)(H,29,36)(H,33,34)/t13-,14-,18-/m0/s1. The maximum absolute atomic E-state index is 12.7. The van der Waals surface area contributed by atoms with Crippen molar-refractivity contribution < 1.29 is 43.4 Å². The minimum absolute atomic E-state index is 0.0561. The molecule has 0 saturated carbocycles. The number of carboxylic acids is 1. The number of hydrogen-bond acceptors (Lipinski definition) is 8. The second-order valence-corrected chi connectivity index (χ2v) is 8.46. The first kappa shape index (κ1) is 31.5. The summed E-state index contributed by atoms with van der Waals surface area (Å²) in [6.07, 6.45) is -0.674. The van der Waals surface area contributed by atoms with Crippen LogP contribution in [0.2, 0.25) is 0 Å². The van der Waals surface area contributed by atoms with Crippen LogP contribution < -0.4 is 27.0 Å². The largest absolute Gasteiger partial charge is 0.481 e. The van der Waals surface area contributed by atoms with E-state index < -0.39 is 66.0 Å². The van der Waals surface area contributed by atoms with E-state index >= 15 is 0 Å². The molecule has 0 aliphatic rings. The molecule has 3 atom stereocenters. The van der Waals surface area contributed by atoms with Gasteiger partial charge in [-0.2, -0.15) is 0 Å². The topological polar surface area (TPSA) is 223 Å². The Morgan fingerprint density at radius 3 is 2.00 bits per heavy atom. The van der Waals surface area contributed by atoms with Crippen molar-refractivity contribution >= 4 is 47.2 Å². The molecule has 14 nitrogen and oxygen atoms in total. The maximum atomic E-state index is 12.7. The molecule has 0 aliphatic heterocycles. The van der Waals surface area contributed by atoms with Crippen LogP contribution in [0, 0.1) is 0 Å². The van der Waals surface area contributed by atoms with Crippen molar-refractivity contribution in [3.05, 3.63) is 29.8 Å². The average Bonchev–Trinajstić information content (AvgIpc) is 2.82. The summed E-state index contributed by atoms with van der Waals surface area (Å²) in [5.74, 6) is -5.06. The number of aliphatic carboxylic acids is 1. The highest BCUT2D eigenvalue weighted by Gasteiger charge is 2.27. The van der Waals surface area contributed by atoms with Crippen molar-refractivity contribution in [2.45, 2.75) is 71.2 Å². The lowest BCUT2D eigenvalue weighted by Crippen LogP contribution is -2.55. The molecule has 0 fully saturated rings. The van der Waals surface area contributed by atoms with Gasteiger partial charge in [0.15, 0.2) is 0 Å². The van der Waals surface area contributed by atoms with Crippen molar-refractivity contribution in [1.29, 1.82) is 0 Å². The van der Waals surface area contributed by atoms with Crippen LogP contribution in [0.15, 0.2) is 24.3 Å². The molecule has 1 aromatic carbocycles. The lowest BCUT2D eigenvalue weighted by molar-refractivity contribution is -0.142. The summed E-state index contributed by atoms with van der Waals surface area (Å²) >= 11 is 0. The Labute approximate surface area is 219 Å². The SMILES string of the molecule is CC(=O)OCc1ccc(NC(=O)[C@H](CC(N)=O)NC(=O)[C@H](C)NC(=O)[C@H](C)NC(=O)CCCC(=O)O)cc1. The quantitative estimate of drug-likeness (QED) is 0.156. The molecular weight excluding hydrogens is 502 g/mol. The van der Waals surface area contributed by atoms with Crippen LogP contribution in [0.5, 0.6) is 0 Å². The molecule has 0 unspecified atom stereocenters. The predicted molar refractivity (Wildman–Crippen MR) is 133 cm³/mol. The van der Waals surface area contributed by atoms with Crippen molar-refractivity contribution in [2.75, 3.05) is 5.32 Å². The third-order valence-corrected chi connectivity index (χ3v) is 5.02. The average molecular weight is 536 g/mol. The zero-order chi connectivity index (χ0) is 28.8. The molecule has 38 heavy (non-hydrogen) atoms. The molecule has 0 spiro atoms. The highest BCUT2D eigenvalue weighted by Crippen LogP contribution is 2.11. The molecule has 0 aliphatic carbocycles. The summed E-state index contributed by atoms with van der Waals surface area (Å²) in [7, 11) is 0. The van der Waals surface area contributed by atoms with Gasteiger partial charge in [-0.1, -0.05) is 12.1 Å². The van der Waals surface area contributed by atoms with E-state index in [4.69, 9.17) is 15.6 Å². The normalized spacial score (nSPS) is 12.7. The van der Waals surface area contributed by atoms with Crippen LogP contribution in [0.1, 0.15) is 52.0 Å². The Bertz CT molecular complexity index is 1040. The number of carbonyl (C=O) groups is 7. The Morgan fingerprint density at radius 1 is 0.868 bits per heavy atom. The van der Waals surface area contributed by atoms with Gasteiger partial charge < -0.3 is 36.8 Å².